The zero-order valence-corrected chi connectivity index (χ0v) is 16.8. The third kappa shape index (κ3) is 3.69. The van der Waals surface area contributed by atoms with Gasteiger partial charge in [0, 0.05) is 22.0 Å². The molecule has 0 aliphatic heterocycles. The topological polar surface area (TPSA) is 81.4 Å². The fraction of sp³-hybridized carbons (Fsp3) is 0.0833. The second-order valence-electron chi connectivity index (χ2n) is 7.12. The summed E-state index contributed by atoms with van der Waals surface area (Å²) in [6.07, 6.45) is 0. The molecular weight excluding hydrogens is 390 g/mol. The first kappa shape index (κ1) is 18.7. The maximum absolute atomic E-state index is 12.3. The first-order valence-electron chi connectivity index (χ1n) is 9.88. The number of aryl methyl sites for hydroxylation is 1. The van der Waals surface area contributed by atoms with Gasteiger partial charge in [-0.15, -0.1) is 10.2 Å². The van der Waals surface area contributed by atoms with Crippen molar-refractivity contribution in [2.24, 2.45) is 0 Å². The Morgan fingerprint density at radius 2 is 1.71 bits per heavy atom. The molecule has 7 heteroatoms. The van der Waals surface area contributed by atoms with Crippen LogP contribution in [0.4, 0.5) is 5.69 Å². The molecule has 0 spiro atoms. The number of hydrogen-bond acceptors (Lipinski definition) is 5. The highest BCUT2D eigenvalue weighted by molar-refractivity contribution is 5.95. The van der Waals surface area contributed by atoms with E-state index in [0.29, 0.717) is 22.9 Å². The molecule has 1 N–H and O–H groups in total. The normalized spacial score (nSPS) is 11.0. The smallest absolute Gasteiger partial charge is 0.262 e. The number of rotatable bonds is 5. The van der Waals surface area contributed by atoms with Crippen LogP contribution in [0.25, 0.3) is 27.8 Å². The van der Waals surface area contributed by atoms with Crippen LogP contribution in [0.1, 0.15) is 5.69 Å². The first-order chi connectivity index (χ1) is 15.2. The molecule has 2 heterocycles. The van der Waals surface area contributed by atoms with Crippen LogP contribution in [0.15, 0.2) is 78.9 Å². The predicted molar refractivity (Wildman–Crippen MR) is 119 cm³/mol. The van der Waals surface area contributed by atoms with Crippen LogP contribution in [-0.2, 0) is 4.79 Å². The van der Waals surface area contributed by atoms with E-state index in [9.17, 15) is 4.79 Å². The minimum atomic E-state index is -0.243. The van der Waals surface area contributed by atoms with Crippen molar-refractivity contribution in [1.29, 1.82) is 0 Å². The maximum Gasteiger partial charge on any atom is 0.262 e. The van der Waals surface area contributed by atoms with E-state index in [1.54, 1.807) is 4.52 Å². The summed E-state index contributed by atoms with van der Waals surface area (Å²) in [5, 5.41) is 18.3. The molecule has 7 nitrogen and oxygen atoms in total. The number of amides is 1. The number of anilines is 1. The van der Waals surface area contributed by atoms with Gasteiger partial charge in [-0.25, -0.2) is 0 Å². The number of nitrogens with one attached hydrogen (secondary N) is 1. The molecular formula is C24H19N5O2. The number of carbonyl (C=O) groups is 1. The number of ether oxygens (including phenoxy) is 1. The van der Waals surface area contributed by atoms with Crippen LogP contribution < -0.4 is 10.1 Å². The van der Waals surface area contributed by atoms with Gasteiger partial charge in [-0.3, -0.25) is 4.79 Å². The van der Waals surface area contributed by atoms with Crippen molar-refractivity contribution >= 4 is 28.0 Å². The lowest BCUT2D eigenvalue weighted by molar-refractivity contribution is -0.118. The van der Waals surface area contributed by atoms with Gasteiger partial charge in [0.15, 0.2) is 18.1 Å². The molecule has 0 aliphatic carbocycles. The number of benzene rings is 3. The van der Waals surface area contributed by atoms with Gasteiger partial charge >= 0.3 is 0 Å². The highest BCUT2D eigenvalue weighted by Crippen LogP contribution is 2.26. The van der Waals surface area contributed by atoms with Crippen LogP contribution in [0, 0.1) is 6.92 Å². The van der Waals surface area contributed by atoms with Gasteiger partial charge in [0.2, 0.25) is 0 Å². The van der Waals surface area contributed by atoms with Crippen molar-refractivity contribution in [1.82, 2.24) is 19.8 Å². The Kier molecular flexibility index (Phi) is 4.76. The minimum absolute atomic E-state index is 0.0746. The van der Waals surface area contributed by atoms with E-state index in [1.165, 1.54) is 0 Å². The molecule has 5 rings (SSSR count). The highest BCUT2D eigenvalue weighted by Gasteiger charge is 2.14. The predicted octanol–water partition coefficient (Wildman–Crippen LogP) is 4.27. The SMILES string of the molecule is Cc1nn2c(-c3cccc(NC(=O)COc4ccccc4)c3)nnc2c2ccccc12. The molecule has 0 saturated heterocycles. The molecule has 0 saturated carbocycles. The summed E-state index contributed by atoms with van der Waals surface area (Å²) < 4.78 is 7.25. The van der Waals surface area contributed by atoms with Crippen molar-refractivity contribution in [2.45, 2.75) is 6.92 Å². The van der Waals surface area contributed by atoms with E-state index < -0.39 is 0 Å². The van der Waals surface area contributed by atoms with E-state index in [4.69, 9.17) is 4.74 Å². The fourth-order valence-electron chi connectivity index (χ4n) is 3.52. The molecule has 31 heavy (non-hydrogen) atoms. The summed E-state index contributed by atoms with van der Waals surface area (Å²) in [6.45, 7) is 1.89. The molecule has 0 fully saturated rings. The molecule has 2 aromatic heterocycles. The Bertz CT molecular complexity index is 1400. The molecule has 0 bridgehead atoms. The van der Waals surface area contributed by atoms with Crippen LogP contribution in [0.3, 0.4) is 0 Å². The fourth-order valence-corrected chi connectivity index (χ4v) is 3.52. The molecule has 0 atom stereocenters. The summed E-state index contributed by atoms with van der Waals surface area (Å²) in [7, 11) is 0. The largest absolute Gasteiger partial charge is 0.484 e. The summed E-state index contributed by atoms with van der Waals surface area (Å²) in [5.74, 6) is 1.02. The quantitative estimate of drug-likeness (QED) is 0.469. The second kappa shape index (κ2) is 7.87. The van der Waals surface area contributed by atoms with Gasteiger partial charge in [-0.2, -0.15) is 9.61 Å². The monoisotopic (exact) mass is 409 g/mol. The van der Waals surface area contributed by atoms with E-state index in [2.05, 4.69) is 20.6 Å². The molecule has 152 valence electrons. The molecule has 5 aromatic rings. The van der Waals surface area contributed by atoms with Crippen LogP contribution in [0.2, 0.25) is 0 Å². The molecule has 0 radical (unpaired) electrons. The zero-order chi connectivity index (χ0) is 21.2. The van der Waals surface area contributed by atoms with E-state index in [-0.39, 0.29) is 12.5 Å². The number of nitrogens with zero attached hydrogens (tertiary/aromatic N) is 4. The summed E-state index contributed by atoms with van der Waals surface area (Å²) >= 11 is 0. The molecule has 0 aliphatic rings. The third-order valence-electron chi connectivity index (χ3n) is 4.97. The van der Waals surface area contributed by atoms with Gasteiger partial charge in [0.05, 0.1) is 5.69 Å². The molecule has 3 aromatic carbocycles. The van der Waals surface area contributed by atoms with Gasteiger partial charge in [-0.05, 0) is 31.2 Å². The standard InChI is InChI=1S/C24H19N5O2/c1-16-20-12-5-6-13-21(20)24-27-26-23(29(24)28-16)17-8-7-9-18(14-17)25-22(30)15-31-19-10-3-2-4-11-19/h2-14H,15H2,1H3,(H,25,30). The van der Waals surface area contributed by atoms with Crippen molar-refractivity contribution in [3.05, 3.63) is 84.6 Å². The Labute approximate surface area is 178 Å². The summed E-state index contributed by atoms with van der Waals surface area (Å²) in [5.41, 5.74) is 3.04. The lowest BCUT2D eigenvalue weighted by Gasteiger charge is -2.09. The van der Waals surface area contributed by atoms with E-state index in [1.807, 2.05) is 85.8 Å². The Hall–Kier alpha value is -4.26. The van der Waals surface area contributed by atoms with Crippen LogP contribution in [0.5, 0.6) is 5.75 Å². The second-order valence-corrected chi connectivity index (χ2v) is 7.12. The third-order valence-corrected chi connectivity index (χ3v) is 4.97. The lowest BCUT2D eigenvalue weighted by Crippen LogP contribution is -2.20. The molecule has 1 amide bonds. The van der Waals surface area contributed by atoms with Crippen molar-refractivity contribution in [2.75, 3.05) is 11.9 Å². The summed E-state index contributed by atoms with van der Waals surface area (Å²) in [4.78, 5) is 12.3. The average molecular weight is 409 g/mol. The lowest BCUT2D eigenvalue weighted by atomic mass is 10.1. The van der Waals surface area contributed by atoms with Crippen LogP contribution >= 0.6 is 0 Å². The summed E-state index contributed by atoms with van der Waals surface area (Å²) in [6, 6.07) is 24.7. The molecule has 0 unspecified atom stereocenters. The number of fused-ring (bicyclic) bond motifs is 3. The van der Waals surface area contributed by atoms with Gasteiger partial charge in [0.1, 0.15) is 5.75 Å². The Morgan fingerprint density at radius 1 is 0.935 bits per heavy atom. The number of hydrogen-bond donors (Lipinski definition) is 1. The average Bonchev–Trinajstić information content (AvgIpc) is 3.23. The van der Waals surface area contributed by atoms with Gasteiger partial charge in [0.25, 0.3) is 5.91 Å². The van der Waals surface area contributed by atoms with Crippen molar-refractivity contribution < 1.29 is 9.53 Å². The van der Waals surface area contributed by atoms with Crippen LogP contribution in [-0.4, -0.2) is 32.3 Å². The van der Waals surface area contributed by atoms with Crippen molar-refractivity contribution in [3.8, 4) is 17.1 Å². The Balaban J connectivity index is 1.41. The van der Waals surface area contributed by atoms with Gasteiger partial charge in [-0.1, -0.05) is 54.6 Å². The maximum atomic E-state index is 12.3. The number of carbonyl (C=O) groups excluding carboxylic acids is 1. The van der Waals surface area contributed by atoms with E-state index >= 15 is 0 Å². The highest BCUT2D eigenvalue weighted by atomic mass is 16.5. The number of para-hydroxylation sites is 1. The minimum Gasteiger partial charge on any atom is -0.484 e. The van der Waals surface area contributed by atoms with Crippen molar-refractivity contribution in [3.63, 3.8) is 0 Å². The Morgan fingerprint density at radius 3 is 2.55 bits per heavy atom. The number of aromatic nitrogens is 4. The van der Waals surface area contributed by atoms with E-state index in [0.717, 1.165) is 22.0 Å². The first-order valence-corrected chi connectivity index (χ1v) is 9.88. The van der Waals surface area contributed by atoms with Gasteiger partial charge < -0.3 is 10.1 Å². The zero-order valence-electron chi connectivity index (χ0n) is 16.8.